The molecule has 2 heterocycles. The van der Waals surface area contributed by atoms with Gasteiger partial charge < -0.3 is 0 Å². The van der Waals surface area contributed by atoms with Crippen molar-refractivity contribution in [2.75, 3.05) is 39.3 Å². The normalized spacial score (nSPS) is 23.6. The van der Waals surface area contributed by atoms with Gasteiger partial charge in [-0.2, -0.15) is 0 Å². The number of rotatable bonds is 8. The van der Waals surface area contributed by atoms with E-state index in [0.29, 0.717) is 22.4 Å². The SMILES string of the molecule is C=CC[N+]1(O[P+](=O)O[N+]2(CC=C)CCCCC2)CCCCC1. The Hall–Kier alpha value is -0.580. The monoisotopic (exact) mass is 329 g/mol. The quantitative estimate of drug-likeness (QED) is 0.385. The van der Waals surface area contributed by atoms with E-state index in [1.165, 1.54) is 12.8 Å². The van der Waals surface area contributed by atoms with Crippen LogP contribution in [0.15, 0.2) is 25.3 Å². The summed E-state index contributed by atoms with van der Waals surface area (Å²) in [5, 5.41) is 0. The van der Waals surface area contributed by atoms with Crippen molar-refractivity contribution in [2.24, 2.45) is 0 Å². The van der Waals surface area contributed by atoms with Crippen molar-refractivity contribution >= 4 is 8.25 Å². The van der Waals surface area contributed by atoms with Crippen molar-refractivity contribution < 1.29 is 23.1 Å². The van der Waals surface area contributed by atoms with Gasteiger partial charge in [0.25, 0.3) is 0 Å². The molecule has 0 spiro atoms. The van der Waals surface area contributed by atoms with Gasteiger partial charge >= 0.3 is 8.25 Å². The van der Waals surface area contributed by atoms with Gasteiger partial charge in [0, 0.05) is 4.57 Å². The number of hydroxylamine groups is 6. The first-order valence-electron chi connectivity index (χ1n) is 8.44. The van der Waals surface area contributed by atoms with Gasteiger partial charge in [-0.3, -0.25) is 0 Å². The number of hydrogen-bond acceptors (Lipinski definition) is 3. The molecule has 2 fully saturated rings. The number of piperidine rings is 2. The van der Waals surface area contributed by atoms with Crippen LogP contribution in [0.5, 0.6) is 0 Å². The summed E-state index contributed by atoms with van der Waals surface area (Å²) < 4.78 is 25.1. The molecule has 0 aromatic rings. The molecule has 0 atom stereocenters. The van der Waals surface area contributed by atoms with Gasteiger partial charge in [0.2, 0.25) is 0 Å². The second-order valence-electron chi connectivity index (χ2n) is 6.46. The molecule has 0 amide bonds. The molecule has 0 unspecified atom stereocenters. The first kappa shape index (κ1) is 17.8. The first-order valence-corrected chi connectivity index (χ1v) is 9.54. The highest BCUT2D eigenvalue weighted by Gasteiger charge is 2.50. The summed E-state index contributed by atoms with van der Waals surface area (Å²) in [6.07, 6.45) is 10.5. The zero-order valence-electron chi connectivity index (χ0n) is 13.6. The lowest BCUT2D eigenvalue weighted by Crippen LogP contribution is -2.52. The van der Waals surface area contributed by atoms with E-state index in [1.54, 1.807) is 0 Å². The zero-order chi connectivity index (χ0) is 15.9. The molecule has 0 radical (unpaired) electrons. The highest BCUT2D eigenvalue weighted by atomic mass is 31.1. The van der Waals surface area contributed by atoms with Crippen LogP contribution >= 0.6 is 8.25 Å². The van der Waals surface area contributed by atoms with Crippen molar-refractivity contribution in [1.29, 1.82) is 0 Å². The van der Waals surface area contributed by atoms with Crippen molar-refractivity contribution in [1.82, 2.24) is 0 Å². The largest absolute Gasteiger partial charge is 0.803 e. The van der Waals surface area contributed by atoms with Gasteiger partial charge in [-0.25, -0.2) is 0 Å². The third-order valence-corrected chi connectivity index (χ3v) is 5.63. The molecule has 0 saturated carbocycles. The van der Waals surface area contributed by atoms with Crippen LogP contribution in [0.4, 0.5) is 0 Å². The average molecular weight is 329 g/mol. The molecule has 0 aromatic carbocycles. The van der Waals surface area contributed by atoms with Gasteiger partial charge in [-0.15, -0.1) is 9.29 Å². The summed E-state index contributed by atoms with van der Waals surface area (Å²) in [7, 11) is -2.15. The third-order valence-electron chi connectivity index (χ3n) is 4.67. The minimum atomic E-state index is -2.15. The fraction of sp³-hybridized carbons (Fsp3) is 0.750. The molecular weight excluding hydrogens is 299 g/mol. The summed E-state index contributed by atoms with van der Waals surface area (Å²) >= 11 is 0. The maximum atomic E-state index is 12.5. The fourth-order valence-electron chi connectivity index (χ4n) is 3.54. The van der Waals surface area contributed by atoms with E-state index >= 15 is 0 Å². The molecule has 0 bridgehead atoms. The van der Waals surface area contributed by atoms with Crippen LogP contribution in [-0.2, 0) is 13.8 Å². The summed E-state index contributed by atoms with van der Waals surface area (Å²) in [6, 6.07) is 0. The predicted octanol–water partition coefficient (Wildman–Crippen LogP) is 3.88. The average Bonchev–Trinajstić information content (AvgIpc) is 2.49. The molecule has 6 heteroatoms. The van der Waals surface area contributed by atoms with E-state index in [-0.39, 0.29) is 0 Å². The van der Waals surface area contributed by atoms with Crippen LogP contribution in [0, 0.1) is 0 Å². The summed E-state index contributed by atoms with van der Waals surface area (Å²) in [5.41, 5.74) is 0. The Kier molecular flexibility index (Phi) is 6.72. The second kappa shape index (κ2) is 8.32. The van der Waals surface area contributed by atoms with E-state index in [0.717, 1.165) is 51.9 Å². The third kappa shape index (κ3) is 4.71. The van der Waals surface area contributed by atoms with Crippen molar-refractivity contribution in [3.8, 4) is 0 Å². The van der Waals surface area contributed by atoms with Crippen molar-refractivity contribution in [3.63, 3.8) is 0 Å². The highest BCUT2D eigenvalue weighted by Crippen LogP contribution is 2.38. The zero-order valence-corrected chi connectivity index (χ0v) is 14.5. The summed E-state index contributed by atoms with van der Waals surface area (Å²) in [6.45, 7) is 12.6. The lowest BCUT2D eigenvalue weighted by atomic mass is 10.1. The molecule has 0 aliphatic carbocycles. The van der Waals surface area contributed by atoms with Gasteiger partial charge in [-0.1, -0.05) is 13.2 Å². The van der Waals surface area contributed by atoms with Crippen LogP contribution in [0.2, 0.25) is 0 Å². The van der Waals surface area contributed by atoms with Gasteiger partial charge in [0.1, 0.15) is 39.3 Å². The molecular formula is C16H30N2O3P+3. The Morgan fingerprint density at radius 1 is 0.773 bits per heavy atom. The molecule has 2 saturated heterocycles. The minimum absolute atomic E-state index is 0.396. The molecule has 2 aliphatic rings. The maximum absolute atomic E-state index is 12.5. The number of likely N-dealkylation sites (tertiary alicyclic amines) is 2. The van der Waals surface area contributed by atoms with Crippen LogP contribution in [0.3, 0.4) is 0 Å². The van der Waals surface area contributed by atoms with Crippen LogP contribution in [0.25, 0.3) is 0 Å². The first-order chi connectivity index (χ1) is 10.6. The number of nitrogens with zero attached hydrogens (tertiary/aromatic N) is 2. The molecule has 2 aliphatic heterocycles. The Balaban J connectivity index is 1.99. The van der Waals surface area contributed by atoms with Gasteiger partial charge in [0.05, 0.1) is 9.25 Å². The van der Waals surface area contributed by atoms with Crippen LogP contribution in [0.1, 0.15) is 38.5 Å². The van der Waals surface area contributed by atoms with Crippen molar-refractivity contribution in [3.05, 3.63) is 25.3 Å². The number of hydrogen-bond donors (Lipinski definition) is 0. The number of quaternary nitrogens is 2. The molecule has 124 valence electrons. The molecule has 5 nitrogen and oxygen atoms in total. The van der Waals surface area contributed by atoms with Crippen LogP contribution in [-0.4, -0.2) is 48.6 Å². The molecule has 0 N–H and O–H groups in total. The Morgan fingerprint density at radius 2 is 1.14 bits per heavy atom. The van der Waals surface area contributed by atoms with Gasteiger partial charge in [0.15, 0.2) is 0 Å². The predicted molar refractivity (Wildman–Crippen MR) is 87.6 cm³/mol. The van der Waals surface area contributed by atoms with E-state index < -0.39 is 8.25 Å². The van der Waals surface area contributed by atoms with E-state index in [1.807, 2.05) is 12.2 Å². The smallest absolute Gasteiger partial charge is 0.124 e. The molecule has 22 heavy (non-hydrogen) atoms. The molecule has 2 rings (SSSR count). The summed E-state index contributed by atoms with van der Waals surface area (Å²) in [5.74, 6) is 0. The maximum Gasteiger partial charge on any atom is 0.803 e. The standard InChI is InChI=1S/C16H30N2O3P/c1-3-11-17(13-7-5-8-14-17)20-22(19)21-18(12-4-2)15-9-6-10-16-18/h3-4H,1-2,5-16H2/q+3. The van der Waals surface area contributed by atoms with E-state index in [9.17, 15) is 4.57 Å². The Morgan fingerprint density at radius 3 is 1.45 bits per heavy atom. The topological polar surface area (TPSA) is 35.5 Å². The second-order valence-corrected chi connectivity index (χ2v) is 7.24. The Labute approximate surface area is 135 Å². The van der Waals surface area contributed by atoms with E-state index in [2.05, 4.69) is 13.2 Å². The Bertz CT molecular complexity index is 366. The highest BCUT2D eigenvalue weighted by molar-refractivity contribution is 7.32. The van der Waals surface area contributed by atoms with E-state index in [4.69, 9.17) is 9.25 Å². The lowest BCUT2D eigenvalue weighted by Gasteiger charge is -2.33. The van der Waals surface area contributed by atoms with Crippen molar-refractivity contribution in [2.45, 2.75) is 38.5 Å². The fourth-order valence-corrected chi connectivity index (χ4v) is 4.60. The van der Waals surface area contributed by atoms with Gasteiger partial charge in [-0.05, 0) is 50.7 Å². The molecule has 0 aromatic heterocycles. The minimum Gasteiger partial charge on any atom is -0.124 e. The van der Waals surface area contributed by atoms with Crippen LogP contribution < -0.4 is 0 Å². The lowest BCUT2D eigenvalue weighted by molar-refractivity contribution is -1.10. The summed E-state index contributed by atoms with van der Waals surface area (Å²) in [4.78, 5) is 0.